The molecule has 1 heterocycles. The van der Waals surface area contributed by atoms with Gasteiger partial charge in [-0.2, -0.15) is 0 Å². The zero-order valence-corrected chi connectivity index (χ0v) is 14.8. The van der Waals surface area contributed by atoms with Crippen LogP contribution in [0.15, 0.2) is 21.5 Å². The summed E-state index contributed by atoms with van der Waals surface area (Å²) >= 11 is 3.40. The van der Waals surface area contributed by atoms with E-state index in [1.54, 1.807) is 13.0 Å². The van der Waals surface area contributed by atoms with Crippen molar-refractivity contribution in [2.45, 2.75) is 50.3 Å². The van der Waals surface area contributed by atoms with Gasteiger partial charge in [0.2, 0.25) is 10.0 Å². The summed E-state index contributed by atoms with van der Waals surface area (Å²) in [7, 11) is -3.64. The van der Waals surface area contributed by atoms with E-state index in [0.717, 1.165) is 10.0 Å². The van der Waals surface area contributed by atoms with E-state index in [0.29, 0.717) is 18.6 Å². The molecule has 0 amide bonds. The fourth-order valence-corrected chi connectivity index (χ4v) is 4.89. The van der Waals surface area contributed by atoms with Gasteiger partial charge < -0.3 is 10.5 Å². The van der Waals surface area contributed by atoms with E-state index in [4.69, 9.17) is 10.5 Å². The molecule has 0 saturated carbocycles. The molecule has 21 heavy (non-hydrogen) atoms. The molecule has 1 fully saturated rings. The normalized spacial score (nSPS) is 26.2. The molecule has 0 aromatic heterocycles. The number of nitrogens with one attached hydrogen (secondary N) is 1. The third-order valence-corrected chi connectivity index (χ3v) is 6.70. The van der Waals surface area contributed by atoms with Gasteiger partial charge in [-0.3, -0.25) is 0 Å². The van der Waals surface area contributed by atoms with Gasteiger partial charge in [-0.25, -0.2) is 13.1 Å². The third-order valence-electron chi connectivity index (χ3n) is 4.14. The highest BCUT2D eigenvalue weighted by Crippen LogP contribution is 2.30. The van der Waals surface area contributed by atoms with Crippen molar-refractivity contribution >= 4 is 26.0 Å². The molecule has 2 atom stereocenters. The highest BCUT2D eigenvalue weighted by atomic mass is 79.9. The Morgan fingerprint density at radius 2 is 2.19 bits per heavy atom. The van der Waals surface area contributed by atoms with E-state index in [2.05, 4.69) is 20.7 Å². The largest absolute Gasteiger partial charge is 0.376 e. The van der Waals surface area contributed by atoms with Gasteiger partial charge in [-0.15, -0.1) is 0 Å². The molecule has 0 radical (unpaired) electrons. The minimum Gasteiger partial charge on any atom is -0.376 e. The van der Waals surface area contributed by atoms with Crippen LogP contribution in [0.2, 0.25) is 0 Å². The molecule has 1 aliphatic rings. The summed E-state index contributed by atoms with van der Waals surface area (Å²) in [5, 5.41) is 0. The van der Waals surface area contributed by atoms with E-state index in [-0.39, 0.29) is 17.5 Å². The third kappa shape index (κ3) is 3.32. The lowest BCUT2D eigenvalue weighted by Crippen LogP contribution is -2.50. The van der Waals surface area contributed by atoms with E-state index >= 15 is 0 Å². The van der Waals surface area contributed by atoms with Crippen LogP contribution < -0.4 is 10.5 Å². The zero-order chi connectivity index (χ0) is 15.8. The Morgan fingerprint density at radius 1 is 1.52 bits per heavy atom. The Morgan fingerprint density at radius 3 is 2.71 bits per heavy atom. The van der Waals surface area contributed by atoms with Crippen LogP contribution in [0.5, 0.6) is 0 Å². The number of hydrogen-bond donors (Lipinski definition) is 2. The minimum absolute atomic E-state index is 0.159. The van der Waals surface area contributed by atoms with E-state index in [9.17, 15) is 8.42 Å². The molecule has 3 N–H and O–H groups in total. The molecule has 1 saturated heterocycles. The van der Waals surface area contributed by atoms with Crippen molar-refractivity contribution in [2.24, 2.45) is 5.73 Å². The van der Waals surface area contributed by atoms with Crippen LogP contribution in [0.3, 0.4) is 0 Å². The Labute approximate surface area is 134 Å². The summed E-state index contributed by atoms with van der Waals surface area (Å²) in [6.07, 6.45) is 0.498. The first kappa shape index (κ1) is 16.9. The van der Waals surface area contributed by atoms with Crippen molar-refractivity contribution in [1.29, 1.82) is 0 Å². The second kappa shape index (κ2) is 5.96. The van der Waals surface area contributed by atoms with Crippen LogP contribution in [0.25, 0.3) is 0 Å². The van der Waals surface area contributed by atoms with Crippen molar-refractivity contribution in [3.8, 4) is 0 Å². The smallest absolute Gasteiger partial charge is 0.241 e. The van der Waals surface area contributed by atoms with Crippen molar-refractivity contribution in [2.75, 3.05) is 6.61 Å². The first-order chi connectivity index (χ1) is 9.69. The molecule has 5 nitrogen and oxygen atoms in total. The van der Waals surface area contributed by atoms with Gasteiger partial charge in [-0.1, -0.05) is 15.9 Å². The van der Waals surface area contributed by atoms with E-state index in [1.807, 2.05) is 19.9 Å². The molecule has 7 heteroatoms. The standard InChI is InChI=1S/C14H21BrN2O3S/c1-9-12(15)6-11(8-16)7-13(9)21(18,19)17-14(3)4-5-20-10(14)2/h6-7,10,17H,4-5,8,16H2,1-3H3. The number of sulfonamides is 1. The molecule has 118 valence electrons. The summed E-state index contributed by atoms with van der Waals surface area (Å²) in [4.78, 5) is 0.262. The molecule has 1 aliphatic heterocycles. The number of nitrogens with two attached hydrogens (primary N) is 1. The van der Waals surface area contributed by atoms with Crippen LogP contribution in [0, 0.1) is 6.92 Å². The number of halogens is 1. The predicted molar refractivity (Wildman–Crippen MR) is 85.5 cm³/mol. The maximum absolute atomic E-state index is 12.8. The molecule has 0 spiro atoms. The van der Waals surface area contributed by atoms with E-state index < -0.39 is 15.6 Å². The van der Waals surface area contributed by atoms with Crippen LogP contribution >= 0.6 is 15.9 Å². The zero-order valence-electron chi connectivity index (χ0n) is 12.4. The highest BCUT2D eigenvalue weighted by Gasteiger charge is 2.41. The second-order valence-electron chi connectivity index (χ2n) is 5.69. The monoisotopic (exact) mass is 376 g/mol. The Bertz CT molecular complexity index is 648. The molecule has 2 rings (SSSR count). The molecule has 1 aromatic carbocycles. The number of hydrogen-bond acceptors (Lipinski definition) is 4. The van der Waals surface area contributed by atoms with Crippen LogP contribution in [0.1, 0.15) is 31.4 Å². The Balaban J connectivity index is 2.43. The first-order valence-electron chi connectivity index (χ1n) is 6.84. The van der Waals surface area contributed by atoms with Crippen LogP contribution in [-0.4, -0.2) is 26.7 Å². The topological polar surface area (TPSA) is 81.4 Å². The maximum Gasteiger partial charge on any atom is 0.241 e. The summed E-state index contributed by atoms with van der Waals surface area (Å²) < 4.78 is 34.5. The Kier molecular flexibility index (Phi) is 4.80. The van der Waals surface area contributed by atoms with Gasteiger partial charge in [0.15, 0.2) is 0 Å². The minimum atomic E-state index is -3.64. The molecule has 0 bridgehead atoms. The van der Waals surface area contributed by atoms with Gasteiger partial charge >= 0.3 is 0 Å². The van der Waals surface area contributed by atoms with Crippen molar-refractivity contribution in [1.82, 2.24) is 4.72 Å². The van der Waals surface area contributed by atoms with Gasteiger partial charge in [0.25, 0.3) is 0 Å². The van der Waals surface area contributed by atoms with Crippen molar-refractivity contribution in [3.05, 3.63) is 27.7 Å². The molecule has 2 unspecified atom stereocenters. The molecular weight excluding hydrogens is 356 g/mol. The average Bonchev–Trinajstić information content (AvgIpc) is 2.71. The number of benzene rings is 1. The molecule has 0 aliphatic carbocycles. The predicted octanol–water partition coefficient (Wildman–Crippen LogP) is 2.06. The lowest BCUT2D eigenvalue weighted by molar-refractivity contribution is 0.0957. The summed E-state index contributed by atoms with van der Waals surface area (Å²) in [5.74, 6) is 0. The molecule has 1 aromatic rings. The van der Waals surface area contributed by atoms with Gasteiger partial charge in [0.1, 0.15) is 0 Å². The van der Waals surface area contributed by atoms with Crippen molar-refractivity contribution in [3.63, 3.8) is 0 Å². The van der Waals surface area contributed by atoms with Gasteiger partial charge in [0.05, 0.1) is 16.5 Å². The number of rotatable bonds is 4. The summed E-state index contributed by atoms with van der Waals surface area (Å²) in [6.45, 7) is 6.38. The fraction of sp³-hybridized carbons (Fsp3) is 0.571. The second-order valence-corrected chi connectivity index (χ2v) is 8.20. The van der Waals surface area contributed by atoms with Crippen LogP contribution in [-0.2, 0) is 21.3 Å². The first-order valence-corrected chi connectivity index (χ1v) is 9.12. The SMILES string of the molecule is Cc1c(Br)cc(CN)cc1S(=O)(=O)NC1(C)CCOC1C. The fourth-order valence-electron chi connectivity index (χ4n) is 2.43. The van der Waals surface area contributed by atoms with Crippen molar-refractivity contribution < 1.29 is 13.2 Å². The maximum atomic E-state index is 12.8. The van der Waals surface area contributed by atoms with Gasteiger partial charge in [-0.05, 0) is 50.5 Å². The van der Waals surface area contributed by atoms with Gasteiger partial charge in [0, 0.05) is 17.6 Å². The number of ether oxygens (including phenoxy) is 1. The van der Waals surface area contributed by atoms with Crippen LogP contribution in [0.4, 0.5) is 0 Å². The lowest BCUT2D eigenvalue weighted by atomic mass is 9.97. The lowest BCUT2D eigenvalue weighted by Gasteiger charge is -2.29. The quantitative estimate of drug-likeness (QED) is 0.842. The summed E-state index contributed by atoms with van der Waals surface area (Å²) in [6, 6.07) is 3.48. The summed E-state index contributed by atoms with van der Waals surface area (Å²) in [5.41, 5.74) is 6.50. The Hall–Kier alpha value is -0.470. The van der Waals surface area contributed by atoms with E-state index in [1.165, 1.54) is 0 Å². The highest BCUT2D eigenvalue weighted by molar-refractivity contribution is 9.10. The average molecular weight is 377 g/mol. The molecular formula is C14H21BrN2O3S.